The molecular formula is C27H31FN8O5. The first-order valence-corrected chi connectivity index (χ1v) is 13.2. The van der Waals surface area contributed by atoms with Gasteiger partial charge in [0.25, 0.3) is 11.5 Å². The number of hydrogen-bond donors (Lipinski definition) is 3. The smallest absolute Gasteiger partial charge is 0.311 e. The lowest BCUT2D eigenvalue weighted by molar-refractivity contribution is -0.145. The van der Waals surface area contributed by atoms with E-state index < -0.39 is 45.7 Å². The Labute approximate surface area is 234 Å². The standard InChI is InChI=1S/C27H31FN8O5/c1-16-12-17(4-5-18(16)28)13-29-21(38)19-20(37)23(40)36-15-26(14-35-11-10-30-33-35)6-8-27(9-7-26,25(36)31-19)32-22(39)24(41)34(2)3/h4-5,10-12,37H,6-9,13-15H2,1-3H3,(H,29,38)(H,32,39). The third-order valence-corrected chi connectivity index (χ3v) is 8.04. The van der Waals surface area contributed by atoms with Crippen LogP contribution in [0.2, 0.25) is 0 Å². The molecule has 3 N–H and O–H groups in total. The first-order chi connectivity index (χ1) is 19.4. The fourth-order valence-corrected chi connectivity index (χ4v) is 5.75. The van der Waals surface area contributed by atoms with Gasteiger partial charge in [0.05, 0.1) is 11.7 Å². The number of nitrogens with zero attached hydrogens (tertiary/aromatic N) is 6. The minimum absolute atomic E-state index is 0.000274. The number of carbonyl (C=O) groups excluding carboxylic acids is 3. The molecule has 216 valence electrons. The molecule has 41 heavy (non-hydrogen) atoms. The molecule has 0 radical (unpaired) electrons. The maximum atomic E-state index is 13.7. The van der Waals surface area contributed by atoms with E-state index in [1.807, 2.05) is 0 Å². The van der Waals surface area contributed by atoms with E-state index in [9.17, 15) is 28.7 Å². The van der Waals surface area contributed by atoms with Crippen LogP contribution in [0.5, 0.6) is 5.75 Å². The number of rotatable bonds is 6. The highest BCUT2D eigenvalue weighted by atomic mass is 19.1. The maximum absolute atomic E-state index is 13.7. The number of fused-ring (bicyclic) bond motifs is 2. The molecule has 1 aromatic carbocycles. The summed E-state index contributed by atoms with van der Waals surface area (Å²) >= 11 is 0. The van der Waals surface area contributed by atoms with E-state index in [1.54, 1.807) is 30.1 Å². The van der Waals surface area contributed by atoms with Gasteiger partial charge in [0.1, 0.15) is 11.6 Å². The quantitative estimate of drug-likeness (QED) is 0.365. The second-order valence-corrected chi connectivity index (χ2v) is 11.1. The summed E-state index contributed by atoms with van der Waals surface area (Å²) in [7, 11) is 2.91. The number of halogens is 1. The summed E-state index contributed by atoms with van der Waals surface area (Å²) in [6.45, 7) is 2.18. The zero-order valence-corrected chi connectivity index (χ0v) is 23.0. The van der Waals surface area contributed by atoms with Gasteiger partial charge < -0.3 is 20.6 Å². The van der Waals surface area contributed by atoms with Crippen molar-refractivity contribution in [3.8, 4) is 5.75 Å². The lowest BCUT2D eigenvalue weighted by atomic mass is 9.68. The fourth-order valence-electron chi connectivity index (χ4n) is 5.75. The minimum atomic E-state index is -1.24. The van der Waals surface area contributed by atoms with Crippen LogP contribution in [0.25, 0.3) is 0 Å². The lowest BCUT2D eigenvalue weighted by Gasteiger charge is -2.42. The number of nitrogens with one attached hydrogen (secondary N) is 2. The number of carbonyl (C=O) groups is 3. The first kappa shape index (κ1) is 27.9. The highest BCUT2D eigenvalue weighted by molar-refractivity contribution is 6.35. The van der Waals surface area contributed by atoms with Crippen molar-refractivity contribution in [3.05, 3.63) is 69.4 Å². The van der Waals surface area contributed by atoms with Crippen LogP contribution in [-0.4, -0.2) is 66.4 Å². The molecule has 0 unspecified atom stereocenters. The van der Waals surface area contributed by atoms with E-state index in [2.05, 4.69) is 25.9 Å². The van der Waals surface area contributed by atoms with E-state index in [-0.39, 0.29) is 24.7 Å². The van der Waals surface area contributed by atoms with Crippen molar-refractivity contribution in [2.45, 2.75) is 57.8 Å². The summed E-state index contributed by atoms with van der Waals surface area (Å²) in [5.41, 5.74) is -2.03. The number of aromatic hydroxyl groups is 1. The third-order valence-electron chi connectivity index (χ3n) is 8.04. The molecule has 2 aromatic heterocycles. The van der Waals surface area contributed by atoms with Gasteiger partial charge in [0.2, 0.25) is 5.75 Å². The Morgan fingerprint density at radius 1 is 1.17 bits per heavy atom. The first-order valence-electron chi connectivity index (χ1n) is 13.2. The Morgan fingerprint density at radius 3 is 2.54 bits per heavy atom. The molecule has 3 amide bonds. The topological polar surface area (TPSA) is 164 Å². The van der Waals surface area contributed by atoms with Crippen molar-refractivity contribution in [1.29, 1.82) is 0 Å². The van der Waals surface area contributed by atoms with Gasteiger partial charge in [0, 0.05) is 45.3 Å². The zero-order chi connectivity index (χ0) is 29.5. The largest absolute Gasteiger partial charge is 0.501 e. The Bertz CT molecular complexity index is 1570. The van der Waals surface area contributed by atoms with Gasteiger partial charge in [-0.3, -0.25) is 28.4 Å². The molecule has 1 fully saturated rings. The van der Waals surface area contributed by atoms with Crippen molar-refractivity contribution >= 4 is 17.7 Å². The normalized spacial score (nSPS) is 21.1. The Balaban J connectivity index is 1.54. The van der Waals surface area contributed by atoms with Gasteiger partial charge in [-0.1, -0.05) is 17.3 Å². The van der Waals surface area contributed by atoms with Gasteiger partial charge in [-0.05, 0) is 49.8 Å². The summed E-state index contributed by atoms with van der Waals surface area (Å²) < 4.78 is 16.6. The van der Waals surface area contributed by atoms with Crippen LogP contribution in [0.15, 0.2) is 35.4 Å². The van der Waals surface area contributed by atoms with E-state index in [0.717, 1.165) is 4.90 Å². The van der Waals surface area contributed by atoms with Gasteiger partial charge in [-0.25, -0.2) is 9.37 Å². The number of likely N-dealkylation sites (N-methyl/N-ethyl adjacent to an activating group) is 1. The van der Waals surface area contributed by atoms with Crippen molar-refractivity contribution in [3.63, 3.8) is 0 Å². The van der Waals surface area contributed by atoms with Crippen molar-refractivity contribution in [1.82, 2.24) is 40.1 Å². The molecule has 2 aliphatic heterocycles. The van der Waals surface area contributed by atoms with E-state index in [0.29, 0.717) is 43.4 Å². The van der Waals surface area contributed by atoms with Crippen LogP contribution < -0.4 is 16.2 Å². The van der Waals surface area contributed by atoms with Crippen LogP contribution in [0.4, 0.5) is 4.39 Å². The minimum Gasteiger partial charge on any atom is -0.501 e. The van der Waals surface area contributed by atoms with Gasteiger partial charge in [-0.15, -0.1) is 5.10 Å². The Hall–Kier alpha value is -4.62. The molecule has 2 bridgehead atoms. The highest BCUT2D eigenvalue weighted by Crippen LogP contribution is 2.50. The lowest BCUT2D eigenvalue weighted by Crippen LogP contribution is -2.54. The molecule has 0 spiro atoms. The van der Waals surface area contributed by atoms with Crippen LogP contribution in [0.3, 0.4) is 0 Å². The third kappa shape index (κ3) is 5.16. The van der Waals surface area contributed by atoms with E-state index in [1.165, 1.54) is 30.8 Å². The van der Waals surface area contributed by atoms with Crippen molar-refractivity contribution < 1.29 is 23.9 Å². The molecule has 0 atom stereocenters. The monoisotopic (exact) mass is 566 g/mol. The summed E-state index contributed by atoms with van der Waals surface area (Å²) in [5.74, 6) is -3.57. The second-order valence-electron chi connectivity index (χ2n) is 11.1. The van der Waals surface area contributed by atoms with Crippen LogP contribution >= 0.6 is 0 Å². The fraction of sp³-hybridized carbons (Fsp3) is 0.444. The molecular weight excluding hydrogens is 535 g/mol. The van der Waals surface area contributed by atoms with Crippen LogP contribution in [-0.2, 0) is 34.8 Å². The molecule has 3 aliphatic rings. The van der Waals surface area contributed by atoms with E-state index in [4.69, 9.17) is 0 Å². The average Bonchev–Trinajstić information content (AvgIpc) is 3.36. The highest BCUT2D eigenvalue weighted by Gasteiger charge is 2.52. The van der Waals surface area contributed by atoms with Gasteiger partial charge in [-0.2, -0.15) is 0 Å². The molecule has 6 rings (SSSR count). The number of amides is 3. The number of aryl methyl sites for hydroxylation is 1. The van der Waals surface area contributed by atoms with Gasteiger partial charge >= 0.3 is 11.8 Å². The summed E-state index contributed by atoms with van der Waals surface area (Å²) in [6, 6.07) is 4.38. The van der Waals surface area contributed by atoms with Crippen molar-refractivity contribution in [2.75, 3.05) is 14.1 Å². The second kappa shape index (κ2) is 10.4. The molecule has 14 heteroatoms. The van der Waals surface area contributed by atoms with Crippen LogP contribution in [0.1, 0.15) is 53.1 Å². The van der Waals surface area contributed by atoms with Crippen molar-refractivity contribution in [2.24, 2.45) is 5.41 Å². The molecule has 1 aliphatic carbocycles. The zero-order valence-electron chi connectivity index (χ0n) is 23.0. The molecule has 0 saturated heterocycles. The summed E-state index contributed by atoms with van der Waals surface area (Å²) in [4.78, 5) is 57.9. The molecule has 3 aromatic rings. The SMILES string of the molecule is Cc1cc(CNC(=O)c2nc3n(c(=O)c2O)CC2(Cn4ccnn4)CCC3(NC(=O)C(=O)N(C)C)CC2)ccc1F. The number of benzene rings is 1. The molecule has 13 nitrogen and oxygen atoms in total. The molecule has 4 heterocycles. The predicted octanol–water partition coefficient (Wildman–Crippen LogP) is 0.592. The molecule has 1 saturated carbocycles. The summed E-state index contributed by atoms with van der Waals surface area (Å²) in [6.07, 6.45) is 5.02. The maximum Gasteiger partial charge on any atom is 0.311 e. The predicted molar refractivity (Wildman–Crippen MR) is 142 cm³/mol. The Morgan fingerprint density at radius 2 is 1.90 bits per heavy atom. The number of hydrogen-bond acceptors (Lipinski definition) is 8. The van der Waals surface area contributed by atoms with Gasteiger partial charge in [0.15, 0.2) is 5.69 Å². The van der Waals surface area contributed by atoms with E-state index >= 15 is 0 Å². The van der Waals surface area contributed by atoms with Crippen LogP contribution in [0, 0.1) is 18.2 Å². The average molecular weight is 567 g/mol. The summed E-state index contributed by atoms with van der Waals surface area (Å²) in [5, 5.41) is 24.2. The Kier molecular flexibility index (Phi) is 7.09. The number of aromatic nitrogens is 5.